The van der Waals surface area contributed by atoms with E-state index in [-0.39, 0.29) is 12.2 Å². The van der Waals surface area contributed by atoms with Gasteiger partial charge in [0.15, 0.2) is 11.5 Å². The summed E-state index contributed by atoms with van der Waals surface area (Å²) in [6, 6.07) is 18.0. The molecular weight excluding hydrogens is 565 g/mol. The van der Waals surface area contributed by atoms with Crippen molar-refractivity contribution < 1.29 is 14.3 Å². The molecule has 0 aliphatic rings. The molecule has 1 amide bonds. The Morgan fingerprint density at radius 2 is 1.81 bits per heavy atom. The molecule has 3 rings (SSSR count). The number of ether oxygens (including phenoxy) is 2. The van der Waals surface area contributed by atoms with Crippen LogP contribution < -0.4 is 19.7 Å². The molecule has 36 heavy (non-hydrogen) atoms. The zero-order chi connectivity index (χ0) is 26.2. The number of amides is 1. The fourth-order valence-corrected chi connectivity index (χ4v) is 4.11. The van der Waals surface area contributed by atoms with Crippen molar-refractivity contribution in [3.05, 3.63) is 85.8 Å². The van der Waals surface area contributed by atoms with Gasteiger partial charge < -0.3 is 19.7 Å². The van der Waals surface area contributed by atoms with Crippen molar-refractivity contribution in [2.45, 2.75) is 13.5 Å². The molecule has 0 aromatic heterocycles. The Morgan fingerprint density at radius 3 is 2.42 bits per heavy atom. The van der Waals surface area contributed by atoms with Crippen molar-refractivity contribution in [3.8, 4) is 17.6 Å². The van der Waals surface area contributed by atoms with Crippen LogP contribution in [0, 0.1) is 11.3 Å². The molecule has 1 N–H and O–H groups in total. The number of anilines is 2. The van der Waals surface area contributed by atoms with Gasteiger partial charge in [0.05, 0.1) is 21.1 Å². The van der Waals surface area contributed by atoms with Gasteiger partial charge in [0.1, 0.15) is 18.2 Å². The lowest BCUT2D eigenvalue weighted by Crippen LogP contribution is -2.14. The second kappa shape index (κ2) is 12.7. The van der Waals surface area contributed by atoms with Crippen LogP contribution >= 0.6 is 39.1 Å². The van der Waals surface area contributed by atoms with E-state index in [1.54, 1.807) is 36.4 Å². The number of benzene rings is 3. The van der Waals surface area contributed by atoms with Gasteiger partial charge in [-0.1, -0.05) is 29.3 Å². The summed E-state index contributed by atoms with van der Waals surface area (Å²) in [7, 11) is 3.87. The third-order valence-corrected chi connectivity index (χ3v) is 6.34. The van der Waals surface area contributed by atoms with Crippen LogP contribution in [0.3, 0.4) is 0 Å². The summed E-state index contributed by atoms with van der Waals surface area (Å²) in [5.41, 5.74) is 2.98. The number of carbonyl (C=O) groups excluding carboxylic acids is 1. The summed E-state index contributed by atoms with van der Waals surface area (Å²) in [5.74, 6) is 0.448. The highest BCUT2D eigenvalue weighted by molar-refractivity contribution is 9.10. The third kappa shape index (κ3) is 7.17. The molecule has 0 fully saturated rings. The Hall–Kier alpha value is -3.18. The first-order valence-corrected chi connectivity index (χ1v) is 12.5. The topological polar surface area (TPSA) is 74.6 Å². The van der Waals surface area contributed by atoms with Crippen LogP contribution in [0.15, 0.2) is 64.6 Å². The van der Waals surface area contributed by atoms with Crippen molar-refractivity contribution in [1.29, 1.82) is 5.26 Å². The molecule has 0 saturated heterocycles. The van der Waals surface area contributed by atoms with Gasteiger partial charge >= 0.3 is 0 Å². The number of nitrogens with one attached hydrogen (secondary N) is 1. The molecule has 0 radical (unpaired) electrons. The van der Waals surface area contributed by atoms with E-state index in [0.29, 0.717) is 43.9 Å². The van der Waals surface area contributed by atoms with Gasteiger partial charge in [0.25, 0.3) is 5.91 Å². The second-order valence-electron chi connectivity index (χ2n) is 7.87. The Morgan fingerprint density at radius 1 is 1.08 bits per heavy atom. The van der Waals surface area contributed by atoms with Crippen LogP contribution in [0.1, 0.15) is 18.1 Å². The van der Waals surface area contributed by atoms with Gasteiger partial charge in [-0.15, -0.1) is 0 Å². The Labute approximate surface area is 229 Å². The Balaban J connectivity index is 1.82. The number of hydrogen-bond donors (Lipinski definition) is 1. The molecule has 3 aromatic carbocycles. The van der Waals surface area contributed by atoms with Gasteiger partial charge in [-0.2, -0.15) is 5.26 Å². The quantitative estimate of drug-likeness (QED) is 0.209. The zero-order valence-corrected chi connectivity index (χ0v) is 23.0. The number of rotatable bonds is 9. The molecule has 0 bridgehead atoms. The van der Waals surface area contributed by atoms with Crippen LogP contribution in [-0.4, -0.2) is 26.6 Å². The van der Waals surface area contributed by atoms with E-state index < -0.39 is 5.91 Å². The van der Waals surface area contributed by atoms with E-state index in [9.17, 15) is 10.1 Å². The summed E-state index contributed by atoms with van der Waals surface area (Å²) in [4.78, 5) is 14.7. The first-order chi connectivity index (χ1) is 17.2. The number of nitriles is 1. The van der Waals surface area contributed by atoms with Gasteiger partial charge in [0, 0.05) is 25.5 Å². The molecule has 0 aliphatic heterocycles. The predicted molar refractivity (Wildman–Crippen MR) is 149 cm³/mol. The highest BCUT2D eigenvalue weighted by atomic mass is 79.9. The molecule has 0 atom stereocenters. The minimum absolute atomic E-state index is 0.0505. The van der Waals surface area contributed by atoms with Gasteiger partial charge in [0.2, 0.25) is 0 Å². The number of hydrogen-bond acceptors (Lipinski definition) is 5. The average molecular weight is 589 g/mol. The normalized spacial score (nSPS) is 11.0. The van der Waals surface area contributed by atoms with Crippen LogP contribution in [0.25, 0.3) is 6.08 Å². The summed E-state index contributed by atoms with van der Waals surface area (Å²) in [6.45, 7) is 2.50. The van der Waals surface area contributed by atoms with E-state index >= 15 is 0 Å². The number of halogens is 3. The predicted octanol–water partition coefficient (Wildman–Crippen LogP) is 7.35. The summed E-state index contributed by atoms with van der Waals surface area (Å²) < 4.78 is 12.4. The minimum atomic E-state index is -0.510. The Bertz CT molecular complexity index is 1320. The van der Waals surface area contributed by atoms with Crippen molar-refractivity contribution in [2.75, 3.05) is 30.9 Å². The summed E-state index contributed by atoms with van der Waals surface area (Å²) in [5, 5.41) is 13.3. The smallest absolute Gasteiger partial charge is 0.266 e. The van der Waals surface area contributed by atoms with Gasteiger partial charge in [-0.05, 0) is 88.6 Å². The molecule has 186 valence electrons. The van der Waals surface area contributed by atoms with Crippen molar-refractivity contribution >= 4 is 62.5 Å². The maximum absolute atomic E-state index is 12.7. The van der Waals surface area contributed by atoms with E-state index in [0.717, 1.165) is 11.3 Å². The average Bonchev–Trinajstić information content (AvgIpc) is 2.84. The molecule has 0 heterocycles. The number of carbonyl (C=O) groups is 1. The maximum atomic E-state index is 12.7. The van der Waals surface area contributed by atoms with E-state index in [4.69, 9.17) is 32.7 Å². The molecular formula is C27H24BrCl2N3O3. The molecule has 0 saturated carbocycles. The first-order valence-electron chi connectivity index (χ1n) is 11.0. The second-order valence-corrected chi connectivity index (χ2v) is 9.53. The summed E-state index contributed by atoms with van der Waals surface area (Å²) in [6.07, 6.45) is 1.50. The highest BCUT2D eigenvalue weighted by Gasteiger charge is 2.15. The third-order valence-electron chi connectivity index (χ3n) is 5.02. The fourth-order valence-electron chi connectivity index (χ4n) is 3.22. The van der Waals surface area contributed by atoms with Crippen LogP contribution in [0.4, 0.5) is 11.4 Å². The lowest BCUT2D eigenvalue weighted by molar-refractivity contribution is -0.112. The highest BCUT2D eigenvalue weighted by Crippen LogP contribution is 2.38. The monoisotopic (exact) mass is 587 g/mol. The van der Waals surface area contributed by atoms with Crippen LogP contribution in [-0.2, 0) is 11.4 Å². The lowest BCUT2D eigenvalue weighted by atomic mass is 10.1. The van der Waals surface area contributed by atoms with E-state index in [1.165, 1.54) is 6.08 Å². The minimum Gasteiger partial charge on any atom is -0.490 e. The van der Waals surface area contributed by atoms with Gasteiger partial charge in [-0.25, -0.2) is 0 Å². The molecule has 0 spiro atoms. The van der Waals surface area contributed by atoms with Gasteiger partial charge in [-0.3, -0.25) is 4.79 Å². The number of nitrogens with zero attached hydrogens (tertiary/aromatic N) is 2. The van der Waals surface area contributed by atoms with E-state index in [2.05, 4.69) is 21.2 Å². The molecule has 6 nitrogen and oxygen atoms in total. The first kappa shape index (κ1) is 27.4. The SMILES string of the molecule is CCOc1cc(/C=C(/C#N)C(=O)Nc2ccc(N(C)C)cc2)cc(Br)c1OCc1ccc(Cl)c(Cl)c1. The van der Waals surface area contributed by atoms with Crippen molar-refractivity contribution in [3.63, 3.8) is 0 Å². The van der Waals surface area contributed by atoms with Crippen molar-refractivity contribution in [1.82, 2.24) is 0 Å². The zero-order valence-electron chi connectivity index (χ0n) is 19.9. The summed E-state index contributed by atoms with van der Waals surface area (Å²) >= 11 is 15.6. The Kier molecular flexibility index (Phi) is 9.65. The molecule has 0 unspecified atom stereocenters. The fraction of sp³-hybridized carbons (Fsp3) is 0.185. The standard InChI is InChI=1S/C27H24BrCl2N3O3/c1-4-35-25-14-18(12-22(28)26(25)36-16-17-5-10-23(29)24(30)13-17)11-19(15-31)27(34)32-20-6-8-21(9-7-20)33(2)3/h5-14H,4,16H2,1-3H3,(H,32,34)/b19-11-. The molecule has 9 heteroatoms. The molecule has 0 aliphatic carbocycles. The van der Waals surface area contributed by atoms with E-state index in [1.807, 2.05) is 50.2 Å². The van der Waals surface area contributed by atoms with Crippen molar-refractivity contribution in [2.24, 2.45) is 0 Å². The molecule has 3 aromatic rings. The lowest BCUT2D eigenvalue weighted by Gasteiger charge is -2.15. The largest absolute Gasteiger partial charge is 0.490 e. The van der Waals surface area contributed by atoms with Crippen LogP contribution in [0.2, 0.25) is 10.0 Å². The maximum Gasteiger partial charge on any atom is 0.266 e. The van der Waals surface area contributed by atoms with Crippen LogP contribution in [0.5, 0.6) is 11.5 Å².